The van der Waals surface area contributed by atoms with Gasteiger partial charge >= 0.3 is 18.4 Å². The lowest BCUT2D eigenvalue weighted by molar-refractivity contribution is -0.393. The summed E-state index contributed by atoms with van der Waals surface area (Å²) in [7, 11) is 0. The number of hydrogen-bond donors (Lipinski definition) is 1. The first-order chi connectivity index (χ1) is 8.42. The highest BCUT2D eigenvalue weighted by Crippen LogP contribution is 2.33. The van der Waals surface area contributed by atoms with E-state index in [1.165, 1.54) is 0 Å². The van der Waals surface area contributed by atoms with Crippen molar-refractivity contribution >= 4 is 5.82 Å². The average Bonchev–Trinajstić information content (AvgIpc) is 2.10. The largest absolute Gasteiger partial charge is 0.575 e. The van der Waals surface area contributed by atoms with Crippen molar-refractivity contribution in [1.29, 1.82) is 0 Å². The molecular weight excluding hydrogens is 290 g/mol. The predicted molar refractivity (Wildman–Crippen MR) is 45.4 cm³/mol. The summed E-state index contributed by atoms with van der Waals surface area (Å²) in [5, 5.41) is 10.3. The Balaban J connectivity index is 3.47. The number of aromatic amines is 1. The van der Waals surface area contributed by atoms with Crippen LogP contribution in [-0.4, -0.2) is 16.3 Å². The number of pyridine rings is 1. The molecule has 0 saturated heterocycles. The second kappa shape index (κ2) is 4.44. The van der Waals surface area contributed by atoms with E-state index in [1.807, 2.05) is 0 Å². The molecule has 1 aromatic heterocycles. The van der Waals surface area contributed by atoms with Gasteiger partial charge < -0.3 is 14.9 Å². The molecule has 106 valence electrons. The number of aromatic nitrogens is 1. The molecular formula is C7H2F6N2O4. The normalized spacial score (nSPS) is 12.3. The van der Waals surface area contributed by atoms with Gasteiger partial charge in [-0.25, -0.2) is 4.98 Å². The summed E-state index contributed by atoms with van der Waals surface area (Å²) in [4.78, 5) is 20.8. The van der Waals surface area contributed by atoms with Crippen molar-refractivity contribution in [2.24, 2.45) is 0 Å². The molecule has 0 bridgehead atoms. The van der Waals surface area contributed by atoms with E-state index in [2.05, 4.69) is 4.74 Å². The summed E-state index contributed by atoms with van der Waals surface area (Å²) < 4.78 is 75.6. The van der Waals surface area contributed by atoms with Gasteiger partial charge in [-0.05, 0) is 4.92 Å². The SMILES string of the molecule is O=c1cc(OC(F)(F)F)[nH]c([N+](=O)[O-])c1C(F)(F)F. The quantitative estimate of drug-likeness (QED) is 0.514. The number of nitrogens with zero attached hydrogens (tertiary/aromatic N) is 1. The van der Waals surface area contributed by atoms with Crippen LogP contribution < -0.4 is 10.2 Å². The maximum Gasteiger partial charge on any atom is 0.575 e. The summed E-state index contributed by atoms with van der Waals surface area (Å²) >= 11 is 0. The first-order valence-corrected chi connectivity index (χ1v) is 4.16. The zero-order valence-electron chi connectivity index (χ0n) is 8.43. The molecule has 0 aliphatic heterocycles. The third kappa shape index (κ3) is 3.59. The molecule has 0 radical (unpaired) electrons. The number of nitro groups is 1. The van der Waals surface area contributed by atoms with Crippen LogP contribution >= 0.6 is 0 Å². The molecule has 1 N–H and O–H groups in total. The van der Waals surface area contributed by atoms with Gasteiger partial charge in [0.05, 0.1) is 6.07 Å². The van der Waals surface area contributed by atoms with Crippen LogP contribution in [0.5, 0.6) is 5.88 Å². The van der Waals surface area contributed by atoms with E-state index in [-0.39, 0.29) is 6.07 Å². The molecule has 1 rings (SSSR count). The van der Waals surface area contributed by atoms with Crippen LogP contribution in [0.15, 0.2) is 10.9 Å². The van der Waals surface area contributed by atoms with Crippen LogP contribution in [0.3, 0.4) is 0 Å². The van der Waals surface area contributed by atoms with Crippen molar-refractivity contribution in [3.63, 3.8) is 0 Å². The number of nitrogens with one attached hydrogen (secondary N) is 1. The van der Waals surface area contributed by atoms with E-state index < -0.39 is 40.2 Å². The minimum atomic E-state index is -5.40. The van der Waals surface area contributed by atoms with Crippen LogP contribution in [-0.2, 0) is 6.18 Å². The zero-order chi connectivity index (χ0) is 15.0. The predicted octanol–water partition coefficient (Wildman–Crippen LogP) is 2.20. The molecule has 0 atom stereocenters. The van der Waals surface area contributed by atoms with Crippen LogP contribution in [0.4, 0.5) is 32.2 Å². The minimum absolute atomic E-state index is 0.177. The lowest BCUT2D eigenvalue weighted by atomic mass is 10.2. The van der Waals surface area contributed by atoms with E-state index in [0.717, 1.165) is 4.98 Å². The van der Waals surface area contributed by atoms with E-state index in [4.69, 9.17) is 0 Å². The lowest BCUT2D eigenvalue weighted by Gasteiger charge is -2.10. The van der Waals surface area contributed by atoms with Gasteiger partial charge in [0.2, 0.25) is 5.43 Å². The monoisotopic (exact) mass is 292 g/mol. The van der Waals surface area contributed by atoms with Gasteiger partial charge in [0, 0.05) is 0 Å². The van der Waals surface area contributed by atoms with Gasteiger partial charge in [0.15, 0.2) is 5.56 Å². The van der Waals surface area contributed by atoms with E-state index >= 15 is 0 Å². The Morgan fingerprint density at radius 2 is 1.74 bits per heavy atom. The molecule has 12 heteroatoms. The summed E-state index contributed by atoms with van der Waals surface area (Å²) in [5.74, 6) is -3.45. The Morgan fingerprint density at radius 3 is 2.11 bits per heavy atom. The highest BCUT2D eigenvalue weighted by Gasteiger charge is 2.43. The Hall–Kier alpha value is -2.27. The van der Waals surface area contributed by atoms with Crippen molar-refractivity contribution in [3.8, 4) is 5.88 Å². The number of halogens is 6. The molecule has 0 unspecified atom stereocenters. The topological polar surface area (TPSA) is 85.2 Å². The Morgan fingerprint density at radius 1 is 1.21 bits per heavy atom. The van der Waals surface area contributed by atoms with Crippen LogP contribution in [0.25, 0.3) is 0 Å². The first-order valence-electron chi connectivity index (χ1n) is 4.16. The highest BCUT2D eigenvalue weighted by molar-refractivity contribution is 5.38. The van der Waals surface area contributed by atoms with Crippen LogP contribution in [0.2, 0.25) is 0 Å². The third-order valence-electron chi connectivity index (χ3n) is 1.68. The van der Waals surface area contributed by atoms with Gasteiger partial charge in [-0.1, -0.05) is 0 Å². The summed E-state index contributed by atoms with van der Waals surface area (Å²) in [5.41, 5.74) is -4.23. The molecule has 0 aliphatic carbocycles. The standard InChI is InChI=1S/C7H2F6N2O4/c8-6(9,10)4-2(16)1-3(19-7(11,12)13)14-5(4)15(17)18/h1H,(H,14,16). The molecule has 1 heterocycles. The first kappa shape index (κ1) is 14.8. The van der Waals surface area contributed by atoms with Crippen molar-refractivity contribution in [2.45, 2.75) is 12.5 Å². The molecule has 0 fully saturated rings. The molecule has 0 saturated carbocycles. The van der Waals surface area contributed by atoms with Gasteiger partial charge in [-0.3, -0.25) is 4.79 Å². The Labute approximate surface area is 98.3 Å². The average molecular weight is 292 g/mol. The van der Waals surface area contributed by atoms with Gasteiger partial charge in [-0.15, -0.1) is 13.2 Å². The lowest BCUT2D eigenvalue weighted by Crippen LogP contribution is -2.24. The maximum atomic E-state index is 12.4. The second-order valence-electron chi connectivity index (χ2n) is 3.02. The smallest absolute Gasteiger partial charge is 0.370 e. The number of H-pyrrole nitrogens is 1. The molecule has 0 spiro atoms. The number of ether oxygens (including phenoxy) is 1. The van der Waals surface area contributed by atoms with E-state index in [9.17, 15) is 41.3 Å². The summed E-state index contributed by atoms with van der Waals surface area (Å²) in [6.07, 6.45) is -10.7. The number of hydrogen-bond acceptors (Lipinski definition) is 4. The zero-order valence-corrected chi connectivity index (χ0v) is 8.43. The molecule has 0 amide bonds. The minimum Gasteiger partial charge on any atom is -0.370 e. The molecule has 19 heavy (non-hydrogen) atoms. The summed E-state index contributed by atoms with van der Waals surface area (Å²) in [6, 6.07) is -0.177. The fraction of sp³-hybridized carbons (Fsp3) is 0.286. The number of rotatable bonds is 2. The summed E-state index contributed by atoms with van der Waals surface area (Å²) in [6.45, 7) is 0. The van der Waals surface area contributed by atoms with Crippen molar-refractivity contribution in [3.05, 3.63) is 32.0 Å². The highest BCUT2D eigenvalue weighted by atomic mass is 19.4. The van der Waals surface area contributed by atoms with Crippen LogP contribution in [0, 0.1) is 10.1 Å². The van der Waals surface area contributed by atoms with Gasteiger partial charge in [0.1, 0.15) is 0 Å². The molecule has 6 nitrogen and oxygen atoms in total. The Kier molecular flexibility index (Phi) is 3.45. The fourth-order valence-electron chi connectivity index (χ4n) is 1.11. The third-order valence-corrected chi connectivity index (χ3v) is 1.68. The molecule has 0 aromatic carbocycles. The second-order valence-corrected chi connectivity index (χ2v) is 3.02. The van der Waals surface area contributed by atoms with Crippen molar-refractivity contribution in [2.75, 3.05) is 0 Å². The van der Waals surface area contributed by atoms with Crippen LogP contribution in [0.1, 0.15) is 5.56 Å². The van der Waals surface area contributed by atoms with Gasteiger partial charge in [0.25, 0.3) is 5.88 Å². The fourth-order valence-corrected chi connectivity index (χ4v) is 1.11. The maximum absolute atomic E-state index is 12.4. The number of alkyl halides is 6. The van der Waals surface area contributed by atoms with E-state index in [1.54, 1.807) is 0 Å². The molecule has 1 aromatic rings. The van der Waals surface area contributed by atoms with E-state index in [0.29, 0.717) is 0 Å². The van der Waals surface area contributed by atoms with Crippen molar-refractivity contribution in [1.82, 2.24) is 4.98 Å². The molecule has 0 aliphatic rings. The Bertz CT molecular complexity index is 560. The van der Waals surface area contributed by atoms with Crippen molar-refractivity contribution < 1.29 is 36.0 Å². The van der Waals surface area contributed by atoms with Gasteiger partial charge in [-0.2, -0.15) is 13.2 Å².